The van der Waals surface area contributed by atoms with Crippen LogP contribution in [-0.2, 0) is 16.5 Å². The lowest BCUT2D eigenvalue weighted by Gasteiger charge is -2.07. The molecule has 4 nitrogen and oxygen atoms in total. The zero-order valence-electron chi connectivity index (χ0n) is 17.5. The van der Waals surface area contributed by atoms with Crippen molar-refractivity contribution < 1.29 is 13.0 Å². The summed E-state index contributed by atoms with van der Waals surface area (Å²) in [6.07, 6.45) is 15.7. The highest BCUT2D eigenvalue weighted by molar-refractivity contribution is 7.85. The van der Waals surface area contributed by atoms with Crippen LogP contribution in [0.4, 0.5) is 0 Å². The molecule has 1 aromatic rings. The molecule has 0 saturated heterocycles. The van der Waals surface area contributed by atoms with Gasteiger partial charge in [0.15, 0.2) is 0 Å². The van der Waals surface area contributed by atoms with Gasteiger partial charge < -0.3 is 5.73 Å². The molecular weight excluding hydrogens is 358 g/mol. The molecule has 1 rings (SSSR count). The summed E-state index contributed by atoms with van der Waals surface area (Å²) in [4.78, 5) is 0.0610. The molecule has 0 aliphatic heterocycles. The summed E-state index contributed by atoms with van der Waals surface area (Å²) >= 11 is 0. The molecule has 0 aliphatic carbocycles. The third-order valence-corrected chi connectivity index (χ3v) is 5.56. The fraction of sp³-hybridized carbons (Fsp3) is 0.727. The molecule has 0 aromatic heterocycles. The minimum absolute atomic E-state index is 0.0610. The second-order valence-corrected chi connectivity index (χ2v) is 8.55. The average molecular weight is 400 g/mol. The maximum atomic E-state index is 11.3. The maximum Gasteiger partial charge on any atom is 0.294 e. The van der Waals surface area contributed by atoms with Gasteiger partial charge >= 0.3 is 0 Å². The Morgan fingerprint density at radius 3 is 1.70 bits per heavy atom. The molecular formula is C22H41NO3S. The van der Waals surface area contributed by atoms with E-state index in [0.717, 1.165) is 24.9 Å². The molecule has 0 radical (unpaired) electrons. The Balaban J connectivity index is 0.00000119. The number of aryl methyl sites for hydroxylation is 1. The molecule has 0 unspecified atom stereocenters. The second-order valence-electron chi connectivity index (χ2n) is 7.16. The third kappa shape index (κ3) is 14.8. The first kappa shape index (κ1) is 26.1. The Bertz CT molecular complexity index is 556. The van der Waals surface area contributed by atoms with Gasteiger partial charge in [-0.3, -0.25) is 4.55 Å². The van der Waals surface area contributed by atoms with Crippen LogP contribution in [0, 0.1) is 0 Å². The highest BCUT2D eigenvalue weighted by Gasteiger charge is 2.13. The molecule has 0 bridgehead atoms. The number of hydrogen-bond acceptors (Lipinski definition) is 3. The first-order valence-corrected chi connectivity index (χ1v) is 12.2. The number of unbranched alkanes of at least 4 members (excludes halogenated alkanes) is 10. The van der Waals surface area contributed by atoms with Crippen LogP contribution >= 0.6 is 0 Å². The summed E-state index contributed by atoms with van der Waals surface area (Å²) in [6.45, 7) is 5.21. The van der Waals surface area contributed by atoms with Gasteiger partial charge in [-0.15, -0.1) is 0 Å². The van der Waals surface area contributed by atoms with E-state index in [9.17, 15) is 13.0 Å². The van der Waals surface area contributed by atoms with Gasteiger partial charge in [0.2, 0.25) is 0 Å². The Morgan fingerprint density at radius 2 is 1.26 bits per heavy atom. The van der Waals surface area contributed by atoms with Gasteiger partial charge in [-0.2, -0.15) is 8.42 Å². The Hall–Kier alpha value is -0.910. The van der Waals surface area contributed by atoms with Gasteiger partial charge in [-0.1, -0.05) is 96.3 Å². The highest BCUT2D eigenvalue weighted by atomic mass is 32.2. The van der Waals surface area contributed by atoms with Crippen molar-refractivity contribution in [3.8, 4) is 0 Å². The molecule has 158 valence electrons. The van der Waals surface area contributed by atoms with Crippen molar-refractivity contribution in [2.75, 3.05) is 6.54 Å². The van der Waals surface area contributed by atoms with Crippen molar-refractivity contribution in [1.29, 1.82) is 0 Å². The molecule has 5 heteroatoms. The van der Waals surface area contributed by atoms with Crippen molar-refractivity contribution in [2.45, 2.75) is 102 Å². The second kappa shape index (κ2) is 17.2. The van der Waals surface area contributed by atoms with E-state index < -0.39 is 10.1 Å². The summed E-state index contributed by atoms with van der Waals surface area (Å²) in [5.74, 6) is 0. The van der Waals surface area contributed by atoms with Crippen LogP contribution in [0.2, 0.25) is 0 Å². The summed E-state index contributed by atoms with van der Waals surface area (Å²) in [7, 11) is -4.10. The van der Waals surface area contributed by atoms with Crippen LogP contribution in [0.25, 0.3) is 0 Å². The van der Waals surface area contributed by atoms with E-state index in [4.69, 9.17) is 5.73 Å². The molecule has 3 N–H and O–H groups in total. The third-order valence-electron chi connectivity index (χ3n) is 4.61. The minimum atomic E-state index is -4.10. The monoisotopic (exact) mass is 399 g/mol. The molecule has 0 atom stereocenters. The quantitative estimate of drug-likeness (QED) is 0.291. The number of benzene rings is 1. The smallest absolute Gasteiger partial charge is 0.294 e. The standard InChI is InChI=1S/C18H30O3S.C4H11N/c1-2-3-4-5-6-7-8-9-10-11-14-17-15-12-13-16-18(17)22(19,20)21;1-2-3-4-5/h12-13,15-16H,2-11,14H2,1H3,(H,19,20,21);2-5H2,1H3. The minimum Gasteiger partial charge on any atom is -0.330 e. The molecule has 0 spiro atoms. The van der Waals surface area contributed by atoms with Gasteiger partial charge in [0, 0.05) is 0 Å². The van der Waals surface area contributed by atoms with Gasteiger partial charge in [-0.25, -0.2) is 0 Å². The molecule has 0 heterocycles. The molecule has 0 aliphatic rings. The van der Waals surface area contributed by atoms with Crippen molar-refractivity contribution in [1.82, 2.24) is 0 Å². The first-order chi connectivity index (χ1) is 13.0. The van der Waals surface area contributed by atoms with E-state index in [-0.39, 0.29) is 4.90 Å². The van der Waals surface area contributed by atoms with Crippen LogP contribution in [0.15, 0.2) is 29.2 Å². The molecule has 0 amide bonds. The Morgan fingerprint density at radius 1 is 0.778 bits per heavy atom. The van der Waals surface area contributed by atoms with Crippen molar-refractivity contribution >= 4 is 10.1 Å². The average Bonchev–Trinajstić information content (AvgIpc) is 2.64. The van der Waals surface area contributed by atoms with E-state index in [1.165, 1.54) is 70.3 Å². The Kier molecular flexibility index (Phi) is 16.6. The van der Waals surface area contributed by atoms with E-state index in [1.807, 2.05) is 6.07 Å². The summed E-state index contributed by atoms with van der Waals surface area (Å²) in [6, 6.07) is 6.73. The number of rotatable bonds is 14. The van der Waals surface area contributed by atoms with Gasteiger partial charge in [0.25, 0.3) is 10.1 Å². The van der Waals surface area contributed by atoms with Crippen molar-refractivity contribution in [3.05, 3.63) is 29.8 Å². The summed E-state index contributed by atoms with van der Waals surface area (Å²) in [5.41, 5.74) is 5.87. The normalized spacial score (nSPS) is 11.1. The lowest BCUT2D eigenvalue weighted by molar-refractivity contribution is 0.481. The SMILES string of the molecule is CCCCCCCCCCCCc1ccccc1S(=O)(=O)O.CCCCN. The van der Waals surface area contributed by atoms with Gasteiger partial charge in [0.1, 0.15) is 0 Å². The fourth-order valence-electron chi connectivity index (χ4n) is 2.97. The molecule has 1 aromatic carbocycles. The van der Waals surface area contributed by atoms with Gasteiger partial charge in [-0.05, 0) is 37.4 Å². The molecule has 0 saturated carbocycles. The van der Waals surface area contributed by atoms with Gasteiger partial charge in [0.05, 0.1) is 4.90 Å². The zero-order chi connectivity index (χ0) is 20.4. The highest BCUT2D eigenvalue weighted by Crippen LogP contribution is 2.18. The van der Waals surface area contributed by atoms with E-state index in [2.05, 4.69) is 13.8 Å². The van der Waals surface area contributed by atoms with Crippen molar-refractivity contribution in [3.63, 3.8) is 0 Å². The topological polar surface area (TPSA) is 80.4 Å². The van der Waals surface area contributed by atoms with E-state index in [0.29, 0.717) is 6.42 Å². The van der Waals surface area contributed by atoms with Crippen LogP contribution in [0.1, 0.15) is 96.5 Å². The lowest BCUT2D eigenvalue weighted by atomic mass is 10.0. The number of nitrogens with two attached hydrogens (primary N) is 1. The number of hydrogen-bond donors (Lipinski definition) is 2. The largest absolute Gasteiger partial charge is 0.330 e. The van der Waals surface area contributed by atoms with E-state index >= 15 is 0 Å². The first-order valence-electron chi connectivity index (χ1n) is 10.7. The summed E-state index contributed by atoms with van der Waals surface area (Å²) < 4.78 is 31.8. The van der Waals surface area contributed by atoms with E-state index in [1.54, 1.807) is 12.1 Å². The van der Waals surface area contributed by atoms with Crippen molar-refractivity contribution in [2.24, 2.45) is 5.73 Å². The maximum absolute atomic E-state index is 11.3. The van der Waals surface area contributed by atoms with Crippen LogP contribution in [-0.4, -0.2) is 19.5 Å². The predicted molar refractivity (Wildman–Crippen MR) is 116 cm³/mol. The lowest BCUT2D eigenvalue weighted by Crippen LogP contribution is -2.03. The fourth-order valence-corrected chi connectivity index (χ4v) is 3.72. The zero-order valence-corrected chi connectivity index (χ0v) is 18.3. The summed E-state index contributed by atoms with van der Waals surface area (Å²) in [5, 5.41) is 0. The molecule has 27 heavy (non-hydrogen) atoms. The molecule has 0 fully saturated rings. The predicted octanol–water partition coefficient (Wildman–Crippen LogP) is 6.14. The van der Waals surface area contributed by atoms with Crippen LogP contribution in [0.5, 0.6) is 0 Å². The Labute approximate surface area is 167 Å². The van der Waals surface area contributed by atoms with Crippen LogP contribution < -0.4 is 5.73 Å². The van der Waals surface area contributed by atoms with Crippen LogP contribution in [0.3, 0.4) is 0 Å².